The summed E-state index contributed by atoms with van der Waals surface area (Å²) < 4.78 is 29.3. The Labute approximate surface area is 119 Å². The van der Waals surface area contributed by atoms with Gasteiger partial charge in [-0.15, -0.1) is 0 Å². The first-order valence-corrected chi connectivity index (χ1v) is 8.06. The molecule has 0 fully saturated rings. The molecular weight excluding hydrogens is 280 g/mol. The van der Waals surface area contributed by atoms with E-state index in [1.807, 2.05) is 6.92 Å². The number of carbonyl (C=O) groups is 1. The predicted octanol–water partition coefficient (Wildman–Crippen LogP) is 1.23. The minimum absolute atomic E-state index is 0.285. The molecule has 112 valence electrons. The van der Waals surface area contributed by atoms with Crippen LogP contribution in [-0.4, -0.2) is 41.3 Å². The molecule has 1 aromatic carbocycles. The van der Waals surface area contributed by atoms with Crippen molar-refractivity contribution in [1.82, 2.24) is 5.32 Å². The van der Waals surface area contributed by atoms with E-state index in [4.69, 9.17) is 4.74 Å². The van der Waals surface area contributed by atoms with Gasteiger partial charge in [-0.1, -0.05) is 6.92 Å². The zero-order valence-corrected chi connectivity index (χ0v) is 13.0. The van der Waals surface area contributed by atoms with Gasteiger partial charge in [0.15, 0.2) is 0 Å². The highest BCUT2D eigenvalue weighted by atomic mass is 32.2. The Balaban J connectivity index is 3.18. The summed E-state index contributed by atoms with van der Waals surface area (Å²) in [4.78, 5) is 12.0. The molecule has 7 heteroatoms. The fourth-order valence-electron chi connectivity index (χ4n) is 1.59. The number of amides is 1. The number of methoxy groups -OCH3 is 1. The summed E-state index contributed by atoms with van der Waals surface area (Å²) in [6, 6.07) is 4.68. The SMILES string of the molecule is CCCNC(=O)c1cc(N(C)S(C)(=O)=O)ccc1OC. The summed E-state index contributed by atoms with van der Waals surface area (Å²) in [5, 5.41) is 2.74. The number of carbonyl (C=O) groups excluding carboxylic acids is 1. The van der Waals surface area contributed by atoms with Crippen molar-refractivity contribution in [1.29, 1.82) is 0 Å². The molecule has 0 atom stereocenters. The van der Waals surface area contributed by atoms with Crippen LogP contribution in [0, 0.1) is 0 Å². The fourth-order valence-corrected chi connectivity index (χ4v) is 2.09. The monoisotopic (exact) mass is 300 g/mol. The molecule has 0 aliphatic rings. The van der Waals surface area contributed by atoms with Gasteiger partial charge < -0.3 is 10.1 Å². The lowest BCUT2D eigenvalue weighted by atomic mass is 10.1. The quantitative estimate of drug-likeness (QED) is 0.857. The third-order valence-electron chi connectivity index (χ3n) is 2.82. The number of hydrogen-bond acceptors (Lipinski definition) is 4. The molecular formula is C13H20N2O4S. The number of benzene rings is 1. The molecule has 0 unspecified atom stereocenters. The summed E-state index contributed by atoms with van der Waals surface area (Å²) in [7, 11) is -0.474. The Bertz CT molecular complexity index is 584. The molecule has 0 heterocycles. The summed E-state index contributed by atoms with van der Waals surface area (Å²) >= 11 is 0. The van der Waals surface area contributed by atoms with Gasteiger partial charge >= 0.3 is 0 Å². The van der Waals surface area contributed by atoms with Crippen LogP contribution >= 0.6 is 0 Å². The topological polar surface area (TPSA) is 75.7 Å². The van der Waals surface area contributed by atoms with Crippen molar-refractivity contribution in [3.63, 3.8) is 0 Å². The van der Waals surface area contributed by atoms with Gasteiger partial charge in [-0.25, -0.2) is 8.42 Å². The zero-order chi connectivity index (χ0) is 15.3. The number of rotatable bonds is 6. The second-order valence-electron chi connectivity index (χ2n) is 4.37. The zero-order valence-electron chi connectivity index (χ0n) is 12.1. The Morgan fingerprint density at radius 2 is 2.05 bits per heavy atom. The second-order valence-corrected chi connectivity index (χ2v) is 6.38. The van der Waals surface area contributed by atoms with Crippen molar-refractivity contribution >= 4 is 21.6 Å². The van der Waals surface area contributed by atoms with Gasteiger partial charge in [0.1, 0.15) is 5.75 Å². The molecule has 1 amide bonds. The number of nitrogens with zero attached hydrogens (tertiary/aromatic N) is 1. The average molecular weight is 300 g/mol. The van der Waals surface area contributed by atoms with E-state index in [9.17, 15) is 13.2 Å². The largest absolute Gasteiger partial charge is 0.496 e. The number of ether oxygens (including phenoxy) is 1. The molecule has 0 saturated carbocycles. The molecule has 1 aromatic rings. The molecule has 1 rings (SSSR count). The smallest absolute Gasteiger partial charge is 0.255 e. The lowest BCUT2D eigenvalue weighted by Crippen LogP contribution is -2.27. The normalized spacial score (nSPS) is 11.0. The maximum atomic E-state index is 12.0. The summed E-state index contributed by atoms with van der Waals surface area (Å²) in [6.45, 7) is 2.50. The molecule has 0 saturated heterocycles. The Morgan fingerprint density at radius 3 is 2.55 bits per heavy atom. The fraction of sp³-hybridized carbons (Fsp3) is 0.462. The lowest BCUT2D eigenvalue weighted by molar-refractivity contribution is 0.0950. The predicted molar refractivity (Wildman–Crippen MR) is 78.9 cm³/mol. The lowest BCUT2D eigenvalue weighted by Gasteiger charge is -2.18. The minimum Gasteiger partial charge on any atom is -0.496 e. The summed E-state index contributed by atoms with van der Waals surface area (Å²) in [5.74, 6) is 0.122. The third kappa shape index (κ3) is 3.86. The van der Waals surface area contributed by atoms with E-state index in [-0.39, 0.29) is 5.91 Å². The Kier molecular flexibility index (Phi) is 5.38. The number of sulfonamides is 1. The minimum atomic E-state index is -3.37. The average Bonchev–Trinajstić information content (AvgIpc) is 2.42. The van der Waals surface area contributed by atoms with Crippen molar-refractivity contribution in [2.45, 2.75) is 13.3 Å². The van der Waals surface area contributed by atoms with Gasteiger partial charge in [0.25, 0.3) is 5.91 Å². The van der Waals surface area contributed by atoms with E-state index in [1.165, 1.54) is 20.2 Å². The van der Waals surface area contributed by atoms with E-state index in [1.54, 1.807) is 12.1 Å². The Hall–Kier alpha value is -1.76. The highest BCUT2D eigenvalue weighted by Crippen LogP contribution is 2.25. The molecule has 0 aliphatic heterocycles. The van der Waals surface area contributed by atoms with Crippen LogP contribution in [0.2, 0.25) is 0 Å². The van der Waals surface area contributed by atoms with Crippen LogP contribution in [0.3, 0.4) is 0 Å². The van der Waals surface area contributed by atoms with Gasteiger partial charge in [0, 0.05) is 13.6 Å². The van der Waals surface area contributed by atoms with Crippen molar-refractivity contribution < 1.29 is 17.9 Å². The Morgan fingerprint density at radius 1 is 1.40 bits per heavy atom. The first-order chi connectivity index (χ1) is 9.31. The van der Waals surface area contributed by atoms with Gasteiger partial charge in [0.2, 0.25) is 10.0 Å². The van der Waals surface area contributed by atoms with Crippen molar-refractivity contribution in [3.05, 3.63) is 23.8 Å². The third-order valence-corrected chi connectivity index (χ3v) is 4.03. The molecule has 0 spiro atoms. The van der Waals surface area contributed by atoms with E-state index in [0.717, 1.165) is 17.0 Å². The summed E-state index contributed by atoms with van der Waals surface area (Å²) in [6.07, 6.45) is 1.92. The van der Waals surface area contributed by atoms with E-state index < -0.39 is 10.0 Å². The molecule has 1 N–H and O–H groups in total. The molecule has 0 radical (unpaired) electrons. The van der Waals surface area contributed by atoms with E-state index in [0.29, 0.717) is 23.5 Å². The van der Waals surface area contributed by atoms with Gasteiger partial charge in [-0.2, -0.15) is 0 Å². The van der Waals surface area contributed by atoms with Crippen LogP contribution in [0.15, 0.2) is 18.2 Å². The number of anilines is 1. The van der Waals surface area contributed by atoms with Gasteiger partial charge in [-0.3, -0.25) is 9.10 Å². The van der Waals surface area contributed by atoms with Gasteiger partial charge in [-0.05, 0) is 24.6 Å². The maximum Gasteiger partial charge on any atom is 0.255 e. The molecule has 6 nitrogen and oxygen atoms in total. The van der Waals surface area contributed by atoms with Crippen molar-refractivity contribution in [2.24, 2.45) is 0 Å². The second kappa shape index (κ2) is 6.60. The van der Waals surface area contributed by atoms with Crippen molar-refractivity contribution in [2.75, 3.05) is 31.3 Å². The molecule has 20 heavy (non-hydrogen) atoms. The van der Waals surface area contributed by atoms with Crippen LogP contribution < -0.4 is 14.4 Å². The number of nitrogens with one attached hydrogen (secondary N) is 1. The van der Waals surface area contributed by atoms with Gasteiger partial charge in [0.05, 0.1) is 24.6 Å². The number of hydrogen-bond donors (Lipinski definition) is 1. The maximum absolute atomic E-state index is 12.0. The molecule has 0 bridgehead atoms. The first kappa shape index (κ1) is 16.3. The molecule has 0 aromatic heterocycles. The highest BCUT2D eigenvalue weighted by molar-refractivity contribution is 7.92. The van der Waals surface area contributed by atoms with Crippen LogP contribution in [0.4, 0.5) is 5.69 Å². The van der Waals surface area contributed by atoms with Crippen LogP contribution in [-0.2, 0) is 10.0 Å². The highest BCUT2D eigenvalue weighted by Gasteiger charge is 2.17. The van der Waals surface area contributed by atoms with Crippen LogP contribution in [0.1, 0.15) is 23.7 Å². The standard InChI is InChI=1S/C13H20N2O4S/c1-5-8-14-13(16)11-9-10(6-7-12(11)19-3)15(2)20(4,17)18/h6-7,9H,5,8H2,1-4H3,(H,14,16). The van der Waals surface area contributed by atoms with Crippen LogP contribution in [0.25, 0.3) is 0 Å². The molecule has 0 aliphatic carbocycles. The van der Waals surface area contributed by atoms with Crippen LogP contribution in [0.5, 0.6) is 5.75 Å². The first-order valence-electron chi connectivity index (χ1n) is 6.21. The van der Waals surface area contributed by atoms with Crippen molar-refractivity contribution in [3.8, 4) is 5.75 Å². The van der Waals surface area contributed by atoms with E-state index >= 15 is 0 Å². The van der Waals surface area contributed by atoms with E-state index in [2.05, 4.69) is 5.32 Å². The summed E-state index contributed by atoms with van der Waals surface area (Å²) in [5.41, 5.74) is 0.726.